The summed E-state index contributed by atoms with van der Waals surface area (Å²) >= 11 is 0. The summed E-state index contributed by atoms with van der Waals surface area (Å²) < 4.78 is 24.6. The molecule has 0 radical (unpaired) electrons. The van der Waals surface area contributed by atoms with Crippen molar-refractivity contribution >= 4 is 20.9 Å². The largest absolute Gasteiger partial charge is 0.292 e. The smallest absolute Gasteiger partial charge is 0.252 e. The van der Waals surface area contributed by atoms with E-state index in [1.165, 1.54) is 16.8 Å². The molecule has 0 spiro atoms. The molecule has 0 aliphatic rings. The van der Waals surface area contributed by atoms with E-state index in [-0.39, 0.29) is 16.1 Å². The van der Waals surface area contributed by atoms with Crippen LogP contribution in [0.5, 0.6) is 0 Å². The molecule has 0 bridgehead atoms. The molecule has 0 aromatic carbocycles. The van der Waals surface area contributed by atoms with E-state index in [0.29, 0.717) is 17.6 Å². The summed E-state index contributed by atoms with van der Waals surface area (Å²) in [7, 11) is -3.51. The van der Waals surface area contributed by atoms with Crippen molar-refractivity contribution in [3.63, 3.8) is 0 Å². The Balaban J connectivity index is 2.78. The minimum atomic E-state index is -3.51. The second kappa shape index (κ2) is 4.66. The van der Waals surface area contributed by atoms with E-state index in [9.17, 15) is 13.2 Å². The van der Waals surface area contributed by atoms with E-state index < -0.39 is 9.84 Å². The van der Waals surface area contributed by atoms with E-state index in [1.807, 2.05) is 20.8 Å². The molecule has 0 fully saturated rings. The van der Waals surface area contributed by atoms with Crippen molar-refractivity contribution in [3.05, 3.63) is 28.7 Å². The van der Waals surface area contributed by atoms with Crippen LogP contribution in [0.15, 0.2) is 28.3 Å². The standard InChI is InChI=1S/C13H17N3O3S/c1-13(2,3)8-16-10(17)6-5-9-7-14-12(15-11(9)16)20(4,18)19/h5-7H,8H2,1-4H3. The van der Waals surface area contributed by atoms with Gasteiger partial charge in [-0.25, -0.2) is 13.4 Å². The summed E-state index contributed by atoms with van der Waals surface area (Å²) in [6.45, 7) is 6.44. The molecule has 0 saturated heterocycles. The van der Waals surface area contributed by atoms with Gasteiger partial charge in [0.1, 0.15) is 5.65 Å². The molecular formula is C13H17N3O3S. The Morgan fingerprint density at radius 1 is 1.25 bits per heavy atom. The molecule has 0 unspecified atom stereocenters. The summed E-state index contributed by atoms with van der Waals surface area (Å²) in [5, 5.41) is 0.375. The summed E-state index contributed by atoms with van der Waals surface area (Å²) in [6.07, 6.45) is 2.47. The molecule has 0 aliphatic carbocycles. The van der Waals surface area contributed by atoms with Gasteiger partial charge in [-0.05, 0) is 11.5 Å². The second-order valence-corrected chi connectivity index (χ2v) is 7.93. The normalized spacial score (nSPS) is 12.8. The van der Waals surface area contributed by atoms with Crippen LogP contribution in [0.25, 0.3) is 11.0 Å². The maximum atomic E-state index is 12.0. The van der Waals surface area contributed by atoms with Gasteiger partial charge in [-0.15, -0.1) is 0 Å². The Labute approximate surface area is 117 Å². The van der Waals surface area contributed by atoms with Gasteiger partial charge in [0.25, 0.3) is 5.56 Å². The average molecular weight is 295 g/mol. The first kappa shape index (κ1) is 14.6. The van der Waals surface area contributed by atoms with Crippen molar-refractivity contribution in [3.8, 4) is 0 Å². The molecule has 0 saturated carbocycles. The zero-order chi connectivity index (χ0) is 15.1. The molecule has 0 amide bonds. The predicted molar refractivity (Wildman–Crippen MR) is 76.4 cm³/mol. The monoisotopic (exact) mass is 295 g/mol. The number of aromatic nitrogens is 3. The lowest BCUT2D eigenvalue weighted by molar-refractivity contribution is 0.343. The molecule has 0 atom stereocenters. The average Bonchev–Trinajstić information content (AvgIpc) is 2.30. The fourth-order valence-electron chi connectivity index (χ4n) is 1.86. The van der Waals surface area contributed by atoms with Crippen LogP contribution in [0.2, 0.25) is 0 Å². The highest BCUT2D eigenvalue weighted by Gasteiger charge is 2.17. The topological polar surface area (TPSA) is 81.9 Å². The summed E-state index contributed by atoms with van der Waals surface area (Å²) in [5.41, 5.74) is 0.0160. The van der Waals surface area contributed by atoms with Gasteiger partial charge in [-0.3, -0.25) is 9.36 Å². The highest BCUT2D eigenvalue weighted by Crippen LogP contribution is 2.18. The number of rotatable bonds is 2. The van der Waals surface area contributed by atoms with Crippen molar-refractivity contribution in [2.24, 2.45) is 5.41 Å². The number of fused-ring (bicyclic) bond motifs is 1. The Morgan fingerprint density at radius 2 is 1.90 bits per heavy atom. The van der Waals surface area contributed by atoms with Gasteiger partial charge in [0.15, 0.2) is 0 Å². The van der Waals surface area contributed by atoms with Gasteiger partial charge >= 0.3 is 0 Å². The molecule has 2 rings (SSSR count). The van der Waals surface area contributed by atoms with Crippen LogP contribution in [0.3, 0.4) is 0 Å². The maximum Gasteiger partial charge on any atom is 0.252 e. The Hall–Kier alpha value is -1.76. The number of sulfone groups is 1. The lowest BCUT2D eigenvalue weighted by Gasteiger charge is -2.20. The Bertz CT molecular complexity index is 817. The Kier molecular flexibility index (Phi) is 3.41. The fraction of sp³-hybridized carbons (Fsp3) is 0.462. The van der Waals surface area contributed by atoms with Gasteiger partial charge in [0.05, 0.1) is 0 Å². The zero-order valence-electron chi connectivity index (χ0n) is 11.9. The van der Waals surface area contributed by atoms with Crippen LogP contribution < -0.4 is 5.56 Å². The van der Waals surface area contributed by atoms with Crippen LogP contribution in [0, 0.1) is 5.41 Å². The molecule has 0 aliphatic heterocycles. The van der Waals surface area contributed by atoms with E-state index in [0.717, 1.165) is 6.26 Å². The number of hydrogen-bond donors (Lipinski definition) is 0. The number of pyridine rings is 1. The molecule has 2 aromatic heterocycles. The minimum Gasteiger partial charge on any atom is -0.292 e. The van der Waals surface area contributed by atoms with Crippen molar-refractivity contribution in [1.82, 2.24) is 14.5 Å². The molecule has 0 N–H and O–H groups in total. The fourth-order valence-corrected chi connectivity index (χ4v) is 2.36. The van der Waals surface area contributed by atoms with Crippen molar-refractivity contribution < 1.29 is 8.42 Å². The van der Waals surface area contributed by atoms with Crippen LogP contribution >= 0.6 is 0 Å². The maximum absolute atomic E-state index is 12.0. The van der Waals surface area contributed by atoms with E-state index in [4.69, 9.17) is 0 Å². The van der Waals surface area contributed by atoms with E-state index in [1.54, 1.807) is 6.07 Å². The highest BCUT2D eigenvalue weighted by molar-refractivity contribution is 7.90. The van der Waals surface area contributed by atoms with Crippen LogP contribution in [0.4, 0.5) is 0 Å². The molecule has 7 heteroatoms. The molecule has 20 heavy (non-hydrogen) atoms. The molecule has 6 nitrogen and oxygen atoms in total. The third-order valence-electron chi connectivity index (χ3n) is 2.67. The van der Waals surface area contributed by atoms with Gasteiger partial charge in [-0.2, -0.15) is 4.98 Å². The van der Waals surface area contributed by atoms with Crippen molar-refractivity contribution in [2.75, 3.05) is 6.26 Å². The number of nitrogens with zero attached hydrogens (tertiary/aromatic N) is 3. The third kappa shape index (κ3) is 3.04. The molecular weight excluding hydrogens is 278 g/mol. The first-order valence-electron chi connectivity index (χ1n) is 6.15. The van der Waals surface area contributed by atoms with Crippen LogP contribution in [0.1, 0.15) is 20.8 Å². The molecule has 108 valence electrons. The van der Waals surface area contributed by atoms with Gasteiger partial charge < -0.3 is 0 Å². The zero-order valence-corrected chi connectivity index (χ0v) is 12.7. The number of hydrogen-bond acceptors (Lipinski definition) is 5. The lowest BCUT2D eigenvalue weighted by Crippen LogP contribution is -2.27. The van der Waals surface area contributed by atoms with Crippen molar-refractivity contribution in [2.45, 2.75) is 32.5 Å². The predicted octanol–water partition coefficient (Wildman–Crippen LogP) is 1.24. The summed E-state index contributed by atoms with van der Waals surface area (Å²) in [4.78, 5) is 19.9. The van der Waals surface area contributed by atoms with Crippen molar-refractivity contribution in [1.29, 1.82) is 0 Å². The SMILES string of the molecule is CC(C)(C)Cn1c(=O)ccc2cnc(S(C)(=O)=O)nc21. The first-order chi connectivity index (χ1) is 9.08. The first-order valence-corrected chi connectivity index (χ1v) is 8.04. The highest BCUT2D eigenvalue weighted by atomic mass is 32.2. The second-order valence-electron chi connectivity index (χ2n) is 6.02. The molecule has 2 heterocycles. The Morgan fingerprint density at radius 3 is 2.45 bits per heavy atom. The third-order valence-corrected chi connectivity index (χ3v) is 3.53. The van der Waals surface area contributed by atoms with Gasteiger partial charge in [0.2, 0.25) is 15.0 Å². The van der Waals surface area contributed by atoms with E-state index >= 15 is 0 Å². The molecule has 2 aromatic rings. The minimum absolute atomic E-state index is 0.131. The summed E-state index contributed by atoms with van der Waals surface area (Å²) in [5.74, 6) is 0. The van der Waals surface area contributed by atoms with Gasteiger partial charge in [-0.1, -0.05) is 20.8 Å². The van der Waals surface area contributed by atoms with Crippen LogP contribution in [-0.2, 0) is 16.4 Å². The summed E-state index contributed by atoms with van der Waals surface area (Å²) in [6, 6.07) is 3.04. The quantitative estimate of drug-likeness (QED) is 0.779. The van der Waals surface area contributed by atoms with Crippen LogP contribution in [-0.4, -0.2) is 29.2 Å². The van der Waals surface area contributed by atoms with Gasteiger partial charge in [0, 0.05) is 30.4 Å². The lowest BCUT2D eigenvalue weighted by atomic mass is 9.97. The van der Waals surface area contributed by atoms with E-state index in [2.05, 4.69) is 9.97 Å².